The average Bonchev–Trinajstić information content (AvgIpc) is 2.60. The van der Waals surface area contributed by atoms with Crippen LogP contribution in [0.15, 0.2) is 18.5 Å². The molecule has 3 nitrogen and oxygen atoms in total. The second-order valence-corrected chi connectivity index (χ2v) is 6.04. The van der Waals surface area contributed by atoms with Crippen LogP contribution in [0, 0.1) is 13.8 Å². The summed E-state index contributed by atoms with van der Waals surface area (Å²) in [5.74, 6) is 0. The van der Waals surface area contributed by atoms with E-state index >= 15 is 0 Å². The summed E-state index contributed by atoms with van der Waals surface area (Å²) in [6.45, 7) is 12.8. The Morgan fingerprint density at radius 1 is 1.17 bits per heavy atom. The van der Waals surface area contributed by atoms with Gasteiger partial charge in [0.05, 0.1) is 17.4 Å². The number of rotatable bonds is 3. The van der Waals surface area contributed by atoms with Gasteiger partial charge in [-0.05, 0) is 57.9 Å². The zero-order chi connectivity index (χ0) is 13.3. The highest BCUT2D eigenvalue weighted by Gasteiger charge is 2.09. The van der Waals surface area contributed by atoms with Crippen LogP contribution in [0.1, 0.15) is 31.9 Å². The fraction of sp³-hybridized carbons (Fsp3) is 0.533. The minimum absolute atomic E-state index is 0.170. The molecule has 0 unspecified atom stereocenters. The van der Waals surface area contributed by atoms with Crippen LogP contribution in [0.5, 0.6) is 0 Å². The molecule has 0 amide bonds. The summed E-state index contributed by atoms with van der Waals surface area (Å²) in [6, 6.07) is 4.40. The molecule has 0 fully saturated rings. The quantitative estimate of drug-likeness (QED) is 0.900. The maximum absolute atomic E-state index is 4.47. The number of benzene rings is 1. The third-order valence-corrected chi connectivity index (χ3v) is 3.24. The largest absolute Gasteiger partial charge is 0.329 e. The second kappa shape index (κ2) is 4.73. The Kier molecular flexibility index (Phi) is 3.44. The second-order valence-electron chi connectivity index (χ2n) is 6.04. The third-order valence-electron chi connectivity index (χ3n) is 3.24. The smallest absolute Gasteiger partial charge is 0.0958 e. The van der Waals surface area contributed by atoms with Gasteiger partial charge in [-0.3, -0.25) is 0 Å². The van der Waals surface area contributed by atoms with E-state index in [9.17, 15) is 0 Å². The summed E-state index contributed by atoms with van der Waals surface area (Å²) in [7, 11) is 0. The van der Waals surface area contributed by atoms with Crippen LogP contribution < -0.4 is 5.32 Å². The molecular weight excluding hydrogens is 222 g/mol. The summed E-state index contributed by atoms with van der Waals surface area (Å²) >= 11 is 0. The molecule has 1 N–H and O–H groups in total. The van der Waals surface area contributed by atoms with Gasteiger partial charge in [0.15, 0.2) is 0 Å². The number of hydrogen-bond donors (Lipinski definition) is 1. The molecule has 3 heteroatoms. The van der Waals surface area contributed by atoms with Crippen LogP contribution in [-0.4, -0.2) is 21.6 Å². The first-order valence-electron chi connectivity index (χ1n) is 6.54. The molecule has 0 saturated carbocycles. The Bertz CT molecular complexity index is 547. The number of imidazole rings is 1. The van der Waals surface area contributed by atoms with Crippen LogP contribution in [0.2, 0.25) is 0 Å². The summed E-state index contributed by atoms with van der Waals surface area (Å²) in [4.78, 5) is 4.47. The highest BCUT2D eigenvalue weighted by Crippen LogP contribution is 2.18. The predicted octanol–water partition coefficient (Wildman–Crippen LogP) is 3.04. The molecule has 1 heterocycles. The zero-order valence-electron chi connectivity index (χ0n) is 12.0. The van der Waals surface area contributed by atoms with E-state index in [1.165, 1.54) is 16.6 Å². The monoisotopic (exact) mass is 245 g/mol. The van der Waals surface area contributed by atoms with Gasteiger partial charge in [0, 0.05) is 18.6 Å². The minimum Gasteiger partial charge on any atom is -0.329 e. The van der Waals surface area contributed by atoms with E-state index in [4.69, 9.17) is 0 Å². The molecule has 2 rings (SSSR count). The van der Waals surface area contributed by atoms with Crippen molar-refractivity contribution in [3.8, 4) is 0 Å². The Morgan fingerprint density at radius 2 is 1.83 bits per heavy atom. The van der Waals surface area contributed by atoms with Crippen molar-refractivity contribution in [2.24, 2.45) is 0 Å². The molecule has 0 saturated heterocycles. The third kappa shape index (κ3) is 2.91. The van der Waals surface area contributed by atoms with E-state index < -0.39 is 0 Å². The van der Waals surface area contributed by atoms with Gasteiger partial charge in [-0.2, -0.15) is 0 Å². The molecule has 0 spiro atoms. The Labute approximate surface area is 109 Å². The standard InChI is InChI=1S/C15H23N3/c1-11-8-13-14(9-12(11)2)18(10-16-13)7-6-17-15(3,4)5/h8-10,17H,6-7H2,1-5H3. The van der Waals surface area contributed by atoms with Crippen molar-refractivity contribution in [2.45, 2.75) is 46.7 Å². The van der Waals surface area contributed by atoms with E-state index in [2.05, 4.69) is 61.6 Å². The van der Waals surface area contributed by atoms with Crippen molar-refractivity contribution in [2.75, 3.05) is 6.54 Å². The summed E-state index contributed by atoms with van der Waals surface area (Å²) in [6.07, 6.45) is 1.94. The van der Waals surface area contributed by atoms with Crippen molar-refractivity contribution >= 4 is 11.0 Å². The minimum atomic E-state index is 0.170. The van der Waals surface area contributed by atoms with Gasteiger partial charge >= 0.3 is 0 Å². The normalized spacial score (nSPS) is 12.3. The van der Waals surface area contributed by atoms with Crippen LogP contribution >= 0.6 is 0 Å². The molecule has 18 heavy (non-hydrogen) atoms. The van der Waals surface area contributed by atoms with Gasteiger partial charge in [-0.1, -0.05) is 0 Å². The zero-order valence-corrected chi connectivity index (χ0v) is 12.0. The van der Waals surface area contributed by atoms with E-state index in [1.54, 1.807) is 0 Å². The number of nitrogens with one attached hydrogen (secondary N) is 1. The molecule has 0 aliphatic carbocycles. The first-order chi connectivity index (χ1) is 8.37. The lowest BCUT2D eigenvalue weighted by atomic mass is 10.1. The average molecular weight is 245 g/mol. The van der Waals surface area contributed by atoms with Crippen LogP contribution in [-0.2, 0) is 6.54 Å². The lowest BCUT2D eigenvalue weighted by Gasteiger charge is -2.20. The number of hydrogen-bond acceptors (Lipinski definition) is 2. The first-order valence-corrected chi connectivity index (χ1v) is 6.54. The lowest BCUT2D eigenvalue weighted by molar-refractivity contribution is 0.414. The van der Waals surface area contributed by atoms with E-state index in [0.717, 1.165) is 18.6 Å². The molecule has 0 radical (unpaired) electrons. The molecule has 0 atom stereocenters. The van der Waals surface area contributed by atoms with Gasteiger partial charge in [0.1, 0.15) is 0 Å². The SMILES string of the molecule is Cc1cc2ncn(CCNC(C)(C)C)c2cc1C. The molecule has 0 aliphatic rings. The van der Waals surface area contributed by atoms with Gasteiger partial charge in [0.2, 0.25) is 0 Å². The topological polar surface area (TPSA) is 29.9 Å². The highest BCUT2D eigenvalue weighted by molar-refractivity contribution is 5.77. The van der Waals surface area contributed by atoms with Crippen LogP contribution in [0.25, 0.3) is 11.0 Å². The van der Waals surface area contributed by atoms with E-state index in [-0.39, 0.29) is 5.54 Å². The Balaban J connectivity index is 2.17. The molecule has 0 aliphatic heterocycles. The molecular formula is C15H23N3. The maximum Gasteiger partial charge on any atom is 0.0958 e. The van der Waals surface area contributed by atoms with Crippen molar-refractivity contribution < 1.29 is 0 Å². The number of aromatic nitrogens is 2. The van der Waals surface area contributed by atoms with Gasteiger partial charge in [-0.15, -0.1) is 0 Å². The summed E-state index contributed by atoms with van der Waals surface area (Å²) < 4.78 is 2.22. The Hall–Kier alpha value is -1.35. The van der Waals surface area contributed by atoms with Crippen LogP contribution in [0.4, 0.5) is 0 Å². The van der Waals surface area contributed by atoms with E-state index in [1.807, 2.05) is 6.33 Å². The summed E-state index contributed by atoms with van der Waals surface area (Å²) in [5, 5.41) is 3.50. The van der Waals surface area contributed by atoms with E-state index in [0.29, 0.717) is 0 Å². The van der Waals surface area contributed by atoms with Crippen LogP contribution in [0.3, 0.4) is 0 Å². The maximum atomic E-state index is 4.47. The summed E-state index contributed by atoms with van der Waals surface area (Å²) in [5.41, 5.74) is 5.12. The number of nitrogens with zero attached hydrogens (tertiary/aromatic N) is 2. The molecule has 98 valence electrons. The molecule has 1 aromatic heterocycles. The van der Waals surface area contributed by atoms with Crippen molar-refractivity contribution in [3.05, 3.63) is 29.6 Å². The van der Waals surface area contributed by atoms with Crippen molar-refractivity contribution in [1.29, 1.82) is 0 Å². The molecule has 1 aromatic carbocycles. The first kappa shape index (κ1) is 13.1. The predicted molar refractivity (Wildman–Crippen MR) is 77.0 cm³/mol. The molecule has 0 bridgehead atoms. The fourth-order valence-corrected chi connectivity index (χ4v) is 2.04. The lowest BCUT2D eigenvalue weighted by Crippen LogP contribution is -2.37. The van der Waals surface area contributed by atoms with Crippen molar-refractivity contribution in [1.82, 2.24) is 14.9 Å². The van der Waals surface area contributed by atoms with Gasteiger partial charge in [-0.25, -0.2) is 4.98 Å². The van der Waals surface area contributed by atoms with Gasteiger partial charge < -0.3 is 9.88 Å². The van der Waals surface area contributed by atoms with Gasteiger partial charge in [0.25, 0.3) is 0 Å². The molecule has 2 aromatic rings. The highest BCUT2D eigenvalue weighted by atomic mass is 15.1. The Morgan fingerprint density at radius 3 is 2.50 bits per heavy atom. The fourth-order valence-electron chi connectivity index (χ4n) is 2.04. The van der Waals surface area contributed by atoms with Crippen molar-refractivity contribution in [3.63, 3.8) is 0 Å². The number of fused-ring (bicyclic) bond motifs is 1. The number of aryl methyl sites for hydroxylation is 2.